The van der Waals surface area contributed by atoms with Gasteiger partial charge < -0.3 is 14.4 Å². The van der Waals surface area contributed by atoms with Crippen molar-refractivity contribution in [2.45, 2.75) is 31.9 Å². The van der Waals surface area contributed by atoms with Crippen molar-refractivity contribution >= 4 is 11.7 Å². The quantitative estimate of drug-likeness (QED) is 0.808. The van der Waals surface area contributed by atoms with Crippen molar-refractivity contribution in [2.75, 3.05) is 11.4 Å². The first-order valence-electron chi connectivity index (χ1n) is 6.70. The molecule has 2 saturated carbocycles. The van der Waals surface area contributed by atoms with E-state index in [1.165, 1.54) is 6.92 Å². The highest BCUT2D eigenvalue weighted by Gasteiger charge is 2.59. The van der Waals surface area contributed by atoms with Gasteiger partial charge in [-0.05, 0) is 36.7 Å². The standard InChI is InChI=1S/C14H17NO3/c1-7(16)11-2-3-12(18-11)15-6-9-4-8-5-10(9)13(15)14(8)17/h2-3,8-10,13-14,17H,4-6H2,1H3. The smallest absolute Gasteiger partial charge is 0.196 e. The molecule has 2 heterocycles. The molecule has 2 aliphatic carbocycles. The Labute approximate surface area is 106 Å². The SMILES string of the molecule is CC(=O)c1ccc(N2CC3CC4CC3C2C4O)o1. The van der Waals surface area contributed by atoms with Crippen LogP contribution in [0.2, 0.25) is 0 Å². The van der Waals surface area contributed by atoms with E-state index in [0.717, 1.165) is 25.3 Å². The molecule has 4 heteroatoms. The Bertz CT molecular complexity index is 507. The number of carbonyl (C=O) groups is 1. The Kier molecular flexibility index (Phi) is 1.99. The summed E-state index contributed by atoms with van der Waals surface area (Å²) in [5.74, 6) is 2.92. The Hall–Kier alpha value is -1.29. The summed E-state index contributed by atoms with van der Waals surface area (Å²) in [7, 11) is 0. The summed E-state index contributed by atoms with van der Waals surface area (Å²) in [6.45, 7) is 2.48. The summed E-state index contributed by atoms with van der Waals surface area (Å²) in [6.07, 6.45) is 2.09. The lowest BCUT2D eigenvalue weighted by atomic mass is 9.88. The summed E-state index contributed by atoms with van der Waals surface area (Å²) >= 11 is 0. The van der Waals surface area contributed by atoms with Crippen LogP contribution in [0, 0.1) is 17.8 Å². The normalized spacial score (nSPS) is 40.8. The predicted octanol–water partition coefficient (Wildman–Crippen LogP) is 1.69. The second kappa shape index (κ2) is 3.38. The Morgan fingerprint density at radius 3 is 2.89 bits per heavy atom. The number of fused-ring (bicyclic) bond motifs is 1. The molecule has 96 valence electrons. The first kappa shape index (κ1) is 10.6. The molecule has 0 radical (unpaired) electrons. The average molecular weight is 247 g/mol. The number of ketones is 1. The highest BCUT2D eigenvalue weighted by Crippen LogP contribution is 2.55. The van der Waals surface area contributed by atoms with Crippen LogP contribution in [0.1, 0.15) is 30.3 Å². The van der Waals surface area contributed by atoms with Crippen molar-refractivity contribution in [3.8, 4) is 0 Å². The van der Waals surface area contributed by atoms with E-state index in [4.69, 9.17) is 4.42 Å². The van der Waals surface area contributed by atoms with E-state index in [2.05, 4.69) is 4.90 Å². The van der Waals surface area contributed by atoms with Gasteiger partial charge in [-0.3, -0.25) is 4.79 Å². The summed E-state index contributed by atoms with van der Waals surface area (Å²) in [5.41, 5.74) is 0. The van der Waals surface area contributed by atoms with Gasteiger partial charge in [0.2, 0.25) is 0 Å². The van der Waals surface area contributed by atoms with Crippen LogP contribution in [0.4, 0.5) is 5.88 Å². The molecule has 0 spiro atoms. The number of aliphatic hydroxyl groups excluding tert-OH is 1. The molecule has 5 unspecified atom stereocenters. The maximum absolute atomic E-state index is 11.3. The summed E-state index contributed by atoms with van der Waals surface area (Å²) in [4.78, 5) is 13.5. The van der Waals surface area contributed by atoms with Crippen molar-refractivity contribution in [1.82, 2.24) is 0 Å². The van der Waals surface area contributed by atoms with E-state index in [0.29, 0.717) is 23.5 Å². The van der Waals surface area contributed by atoms with Gasteiger partial charge in [-0.1, -0.05) is 0 Å². The number of rotatable bonds is 2. The van der Waals surface area contributed by atoms with E-state index < -0.39 is 0 Å². The van der Waals surface area contributed by atoms with Gasteiger partial charge in [-0.25, -0.2) is 0 Å². The largest absolute Gasteiger partial charge is 0.437 e. The lowest BCUT2D eigenvalue weighted by Crippen LogP contribution is -2.40. The minimum absolute atomic E-state index is 0.0479. The number of anilines is 1. The van der Waals surface area contributed by atoms with E-state index in [-0.39, 0.29) is 17.9 Å². The number of carbonyl (C=O) groups excluding carboxylic acids is 1. The van der Waals surface area contributed by atoms with E-state index in [1.54, 1.807) is 6.07 Å². The van der Waals surface area contributed by atoms with Crippen LogP contribution in [0.3, 0.4) is 0 Å². The van der Waals surface area contributed by atoms with E-state index in [9.17, 15) is 9.90 Å². The zero-order valence-corrected chi connectivity index (χ0v) is 10.4. The lowest BCUT2D eigenvalue weighted by Gasteiger charge is -2.28. The third-order valence-corrected chi connectivity index (χ3v) is 5.07. The van der Waals surface area contributed by atoms with E-state index in [1.807, 2.05) is 6.07 Å². The minimum Gasteiger partial charge on any atom is -0.437 e. The number of nitrogens with zero attached hydrogens (tertiary/aromatic N) is 1. The van der Waals surface area contributed by atoms with Crippen LogP contribution < -0.4 is 4.90 Å². The molecular formula is C14H17NO3. The van der Waals surface area contributed by atoms with Gasteiger partial charge in [-0.2, -0.15) is 0 Å². The topological polar surface area (TPSA) is 53.7 Å². The third-order valence-electron chi connectivity index (χ3n) is 5.07. The molecule has 1 aromatic rings. The Morgan fingerprint density at radius 1 is 1.39 bits per heavy atom. The molecule has 2 bridgehead atoms. The Morgan fingerprint density at radius 2 is 2.22 bits per heavy atom. The molecule has 4 rings (SSSR count). The first-order valence-corrected chi connectivity index (χ1v) is 6.70. The minimum atomic E-state index is -0.223. The number of aliphatic hydroxyl groups is 1. The molecule has 1 aromatic heterocycles. The van der Waals surface area contributed by atoms with Gasteiger partial charge in [0, 0.05) is 19.5 Å². The highest BCUT2D eigenvalue weighted by atomic mass is 16.4. The predicted molar refractivity (Wildman–Crippen MR) is 65.6 cm³/mol. The number of Topliss-reactive ketones (excluding diaryl/α,β-unsaturated/α-hetero) is 1. The molecule has 18 heavy (non-hydrogen) atoms. The van der Waals surface area contributed by atoms with Crippen molar-refractivity contribution < 1.29 is 14.3 Å². The Balaban J connectivity index is 1.67. The summed E-state index contributed by atoms with van der Waals surface area (Å²) in [5, 5.41) is 10.3. The van der Waals surface area contributed by atoms with E-state index >= 15 is 0 Å². The van der Waals surface area contributed by atoms with Gasteiger partial charge in [0.1, 0.15) is 0 Å². The van der Waals surface area contributed by atoms with Crippen molar-refractivity contribution in [3.05, 3.63) is 17.9 Å². The summed E-state index contributed by atoms with van der Waals surface area (Å²) in [6, 6.07) is 3.80. The van der Waals surface area contributed by atoms with Crippen LogP contribution in [0.15, 0.2) is 16.5 Å². The highest BCUT2D eigenvalue weighted by molar-refractivity contribution is 5.91. The molecular weight excluding hydrogens is 230 g/mol. The maximum Gasteiger partial charge on any atom is 0.196 e. The fraction of sp³-hybridized carbons (Fsp3) is 0.643. The fourth-order valence-electron chi connectivity index (χ4n) is 4.34. The molecule has 1 aliphatic heterocycles. The molecule has 0 amide bonds. The average Bonchev–Trinajstić information content (AvgIpc) is 3.02. The van der Waals surface area contributed by atoms with Gasteiger partial charge in [-0.15, -0.1) is 0 Å². The van der Waals surface area contributed by atoms with Crippen LogP contribution >= 0.6 is 0 Å². The summed E-state index contributed by atoms with van der Waals surface area (Å²) < 4.78 is 5.62. The van der Waals surface area contributed by atoms with Crippen molar-refractivity contribution in [3.63, 3.8) is 0 Å². The maximum atomic E-state index is 11.3. The molecule has 0 aromatic carbocycles. The monoisotopic (exact) mass is 247 g/mol. The van der Waals surface area contributed by atoms with Gasteiger partial charge in [0.15, 0.2) is 17.4 Å². The molecule has 3 fully saturated rings. The van der Waals surface area contributed by atoms with Gasteiger partial charge in [0.05, 0.1) is 12.1 Å². The van der Waals surface area contributed by atoms with Crippen molar-refractivity contribution in [1.29, 1.82) is 0 Å². The zero-order valence-electron chi connectivity index (χ0n) is 10.4. The zero-order chi connectivity index (χ0) is 12.4. The van der Waals surface area contributed by atoms with Crippen LogP contribution in [0.5, 0.6) is 0 Å². The van der Waals surface area contributed by atoms with Crippen LogP contribution in [-0.4, -0.2) is 29.6 Å². The first-order chi connectivity index (χ1) is 8.65. The van der Waals surface area contributed by atoms with Crippen LogP contribution in [-0.2, 0) is 0 Å². The second-order valence-corrected chi connectivity index (χ2v) is 5.98. The number of hydrogen-bond acceptors (Lipinski definition) is 4. The molecule has 1 N–H and O–H groups in total. The molecule has 3 aliphatic rings. The lowest BCUT2D eigenvalue weighted by molar-refractivity contribution is 0.0954. The van der Waals surface area contributed by atoms with Crippen LogP contribution in [0.25, 0.3) is 0 Å². The van der Waals surface area contributed by atoms with Gasteiger partial charge >= 0.3 is 0 Å². The third kappa shape index (κ3) is 1.21. The number of hydrogen-bond donors (Lipinski definition) is 1. The molecule has 5 atom stereocenters. The van der Waals surface area contributed by atoms with Crippen molar-refractivity contribution in [2.24, 2.45) is 17.8 Å². The molecule has 4 nitrogen and oxygen atoms in total. The second-order valence-electron chi connectivity index (χ2n) is 5.98. The molecule has 1 saturated heterocycles. The van der Waals surface area contributed by atoms with Gasteiger partial charge in [0.25, 0.3) is 0 Å². The number of furan rings is 1. The fourth-order valence-corrected chi connectivity index (χ4v) is 4.34.